The van der Waals surface area contributed by atoms with Gasteiger partial charge in [-0.2, -0.15) is 0 Å². The molecule has 2 saturated heterocycles. The second-order valence-corrected chi connectivity index (χ2v) is 6.23. The Morgan fingerprint density at radius 1 is 1.32 bits per heavy atom. The Labute approximate surface area is 138 Å². The number of hydrogen-bond acceptors (Lipinski definition) is 3. The lowest BCUT2D eigenvalue weighted by atomic mass is 9.99. The summed E-state index contributed by atoms with van der Waals surface area (Å²) in [6.45, 7) is 0. The highest BCUT2D eigenvalue weighted by Gasteiger charge is 2.33. The maximum atomic E-state index is 12.1. The third-order valence-electron chi connectivity index (χ3n) is 4.61. The first-order valence-corrected chi connectivity index (χ1v) is 7.91. The zero-order chi connectivity index (χ0) is 14.7. The zero-order valence-electron chi connectivity index (χ0n) is 13.0. The summed E-state index contributed by atoms with van der Waals surface area (Å²) in [6, 6.07) is 9.53. The standard InChI is InChI=1S/C17H24N2O2.ClH/c1-21-16-4-2-3-12(9-16)5-8-17(20)19-15-10-13-6-7-14(11-15)18-13;/h2-4,9,13-15,18H,5-8,10-11H2,1H3,(H,19,20);1H. The molecule has 0 radical (unpaired) electrons. The number of aryl methyl sites for hydroxylation is 1. The van der Waals surface area contributed by atoms with Crippen molar-refractivity contribution in [1.82, 2.24) is 10.6 Å². The fraction of sp³-hybridized carbons (Fsp3) is 0.588. The summed E-state index contributed by atoms with van der Waals surface area (Å²) in [6.07, 6.45) is 6.01. The lowest BCUT2D eigenvalue weighted by molar-refractivity contribution is -0.122. The van der Waals surface area contributed by atoms with Gasteiger partial charge in [0.1, 0.15) is 5.75 Å². The van der Waals surface area contributed by atoms with Crippen LogP contribution in [0.3, 0.4) is 0 Å². The smallest absolute Gasteiger partial charge is 0.220 e. The second-order valence-electron chi connectivity index (χ2n) is 6.23. The molecule has 2 fully saturated rings. The molecule has 1 aromatic rings. The van der Waals surface area contributed by atoms with E-state index < -0.39 is 0 Å². The molecule has 2 unspecified atom stereocenters. The third-order valence-corrected chi connectivity index (χ3v) is 4.61. The number of ether oxygens (including phenoxy) is 1. The number of fused-ring (bicyclic) bond motifs is 2. The first-order valence-electron chi connectivity index (χ1n) is 7.91. The highest BCUT2D eigenvalue weighted by molar-refractivity contribution is 5.85. The van der Waals surface area contributed by atoms with Crippen molar-refractivity contribution >= 4 is 18.3 Å². The molecule has 0 spiro atoms. The molecule has 2 N–H and O–H groups in total. The predicted molar refractivity (Wildman–Crippen MR) is 89.7 cm³/mol. The third kappa shape index (κ3) is 4.37. The van der Waals surface area contributed by atoms with E-state index in [1.807, 2.05) is 24.3 Å². The van der Waals surface area contributed by atoms with Gasteiger partial charge in [0.15, 0.2) is 0 Å². The van der Waals surface area contributed by atoms with E-state index in [1.165, 1.54) is 12.8 Å². The van der Waals surface area contributed by atoms with Gasteiger partial charge >= 0.3 is 0 Å². The zero-order valence-corrected chi connectivity index (χ0v) is 13.8. The molecule has 2 heterocycles. The lowest BCUT2D eigenvalue weighted by Gasteiger charge is -2.29. The average molecular weight is 325 g/mol. The first-order chi connectivity index (χ1) is 10.2. The molecule has 2 atom stereocenters. The van der Waals surface area contributed by atoms with E-state index in [4.69, 9.17) is 4.74 Å². The van der Waals surface area contributed by atoms with Crippen molar-refractivity contribution in [2.75, 3.05) is 7.11 Å². The van der Waals surface area contributed by atoms with E-state index in [-0.39, 0.29) is 18.3 Å². The molecule has 1 amide bonds. The SMILES string of the molecule is COc1cccc(CCC(=O)NC2CC3CCC(C2)N3)c1.Cl. The average Bonchev–Trinajstić information content (AvgIpc) is 2.84. The van der Waals surface area contributed by atoms with Crippen molar-refractivity contribution in [1.29, 1.82) is 0 Å². The van der Waals surface area contributed by atoms with Crippen LogP contribution in [-0.4, -0.2) is 31.1 Å². The van der Waals surface area contributed by atoms with Crippen molar-refractivity contribution in [3.05, 3.63) is 29.8 Å². The Balaban J connectivity index is 0.00000176. The minimum Gasteiger partial charge on any atom is -0.497 e. The minimum atomic E-state index is 0. The van der Waals surface area contributed by atoms with Crippen LogP contribution in [0.15, 0.2) is 24.3 Å². The van der Waals surface area contributed by atoms with E-state index in [9.17, 15) is 4.79 Å². The van der Waals surface area contributed by atoms with Crippen LogP contribution in [0.1, 0.15) is 37.7 Å². The number of methoxy groups -OCH3 is 1. The van der Waals surface area contributed by atoms with E-state index in [0.717, 1.165) is 30.6 Å². The number of carbonyl (C=O) groups excluding carboxylic acids is 1. The van der Waals surface area contributed by atoms with Gasteiger partial charge in [-0.25, -0.2) is 0 Å². The number of hydrogen-bond donors (Lipinski definition) is 2. The number of nitrogens with one attached hydrogen (secondary N) is 2. The van der Waals surface area contributed by atoms with Gasteiger partial charge in [-0.1, -0.05) is 12.1 Å². The van der Waals surface area contributed by atoms with Gasteiger partial charge in [-0.15, -0.1) is 12.4 Å². The molecule has 0 aromatic heterocycles. The fourth-order valence-corrected chi connectivity index (χ4v) is 3.56. The highest BCUT2D eigenvalue weighted by atomic mass is 35.5. The molecule has 22 heavy (non-hydrogen) atoms. The monoisotopic (exact) mass is 324 g/mol. The summed E-state index contributed by atoms with van der Waals surface area (Å²) in [5.74, 6) is 1.02. The van der Waals surface area contributed by atoms with Gasteiger partial charge in [0.25, 0.3) is 0 Å². The van der Waals surface area contributed by atoms with E-state index in [0.29, 0.717) is 24.5 Å². The number of amides is 1. The summed E-state index contributed by atoms with van der Waals surface area (Å²) < 4.78 is 5.21. The Hall–Kier alpha value is -1.26. The molecular weight excluding hydrogens is 300 g/mol. The highest BCUT2D eigenvalue weighted by Crippen LogP contribution is 2.26. The Bertz CT molecular complexity index is 497. The predicted octanol–water partition coefficient (Wildman–Crippen LogP) is 2.45. The van der Waals surface area contributed by atoms with Gasteiger partial charge in [-0.3, -0.25) is 4.79 Å². The second kappa shape index (κ2) is 7.84. The van der Waals surface area contributed by atoms with Crippen LogP contribution in [-0.2, 0) is 11.2 Å². The van der Waals surface area contributed by atoms with Crippen LogP contribution in [0.5, 0.6) is 5.75 Å². The van der Waals surface area contributed by atoms with Crippen LogP contribution >= 0.6 is 12.4 Å². The summed E-state index contributed by atoms with van der Waals surface area (Å²) in [5, 5.41) is 6.81. The maximum absolute atomic E-state index is 12.1. The van der Waals surface area contributed by atoms with Crippen LogP contribution < -0.4 is 15.4 Å². The molecule has 2 bridgehead atoms. The first kappa shape index (κ1) is 17.1. The van der Waals surface area contributed by atoms with Crippen LogP contribution in [0.2, 0.25) is 0 Å². The van der Waals surface area contributed by atoms with E-state index in [1.54, 1.807) is 7.11 Å². The Morgan fingerprint density at radius 2 is 2.05 bits per heavy atom. The molecule has 3 rings (SSSR count). The normalized spacial score (nSPS) is 26.1. The molecule has 122 valence electrons. The number of halogens is 1. The summed E-state index contributed by atoms with van der Waals surface area (Å²) >= 11 is 0. The topological polar surface area (TPSA) is 50.4 Å². The fourth-order valence-electron chi connectivity index (χ4n) is 3.56. The quantitative estimate of drug-likeness (QED) is 0.874. The van der Waals surface area contributed by atoms with Crippen molar-refractivity contribution in [3.8, 4) is 5.75 Å². The summed E-state index contributed by atoms with van der Waals surface area (Å²) in [4.78, 5) is 12.1. The van der Waals surface area contributed by atoms with Gasteiger partial charge in [0.2, 0.25) is 5.91 Å². The van der Waals surface area contributed by atoms with Crippen LogP contribution in [0.4, 0.5) is 0 Å². The van der Waals surface area contributed by atoms with Gasteiger partial charge in [0, 0.05) is 24.5 Å². The molecule has 5 heteroatoms. The number of piperidine rings is 1. The van der Waals surface area contributed by atoms with Gasteiger partial charge in [0.05, 0.1) is 7.11 Å². The van der Waals surface area contributed by atoms with Gasteiger partial charge < -0.3 is 15.4 Å². The molecule has 2 aliphatic rings. The van der Waals surface area contributed by atoms with E-state index in [2.05, 4.69) is 10.6 Å². The number of carbonyl (C=O) groups is 1. The van der Waals surface area contributed by atoms with Crippen molar-refractivity contribution in [3.63, 3.8) is 0 Å². The van der Waals surface area contributed by atoms with Crippen molar-refractivity contribution in [2.24, 2.45) is 0 Å². The Kier molecular flexibility index (Phi) is 6.09. The lowest BCUT2D eigenvalue weighted by Crippen LogP contribution is -2.48. The van der Waals surface area contributed by atoms with Crippen molar-refractivity contribution in [2.45, 2.75) is 56.7 Å². The van der Waals surface area contributed by atoms with Crippen molar-refractivity contribution < 1.29 is 9.53 Å². The molecule has 1 aromatic carbocycles. The molecule has 4 nitrogen and oxygen atoms in total. The van der Waals surface area contributed by atoms with E-state index >= 15 is 0 Å². The minimum absolute atomic E-state index is 0. The maximum Gasteiger partial charge on any atom is 0.220 e. The summed E-state index contributed by atoms with van der Waals surface area (Å²) in [7, 11) is 1.66. The molecule has 0 saturated carbocycles. The summed E-state index contributed by atoms with van der Waals surface area (Å²) in [5.41, 5.74) is 1.15. The van der Waals surface area contributed by atoms with Gasteiger partial charge in [-0.05, 0) is 49.8 Å². The van der Waals surface area contributed by atoms with Crippen LogP contribution in [0, 0.1) is 0 Å². The number of benzene rings is 1. The van der Waals surface area contributed by atoms with Crippen LogP contribution in [0.25, 0.3) is 0 Å². The molecular formula is C17H25ClN2O2. The largest absolute Gasteiger partial charge is 0.497 e. The molecule has 0 aliphatic carbocycles. The molecule has 2 aliphatic heterocycles. The Morgan fingerprint density at radius 3 is 2.73 bits per heavy atom. The number of rotatable bonds is 5.